The number of aromatic nitrogens is 1. The van der Waals surface area contributed by atoms with Gasteiger partial charge in [0.25, 0.3) is 0 Å². The van der Waals surface area contributed by atoms with Crippen LogP contribution < -0.4 is 0 Å². The van der Waals surface area contributed by atoms with Crippen molar-refractivity contribution in [1.29, 1.82) is 0 Å². The van der Waals surface area contributed by atoms with Crippen molar-refractivity contribution in [2.45, 2.75) is 124 Å². The highest BCUT2D eigenvalue weighted by Crippen LogP contribution is 2.89. The van der Waals surface area contributed by atoms with Crippen LogP contribution in [0.2, 0.25) is 0 Å². The molecule has 6 aliphatic rings. The largest absolute Gasteiger partial charge is 0.393 e. The average molecular weight is 565 g/mol. The van der Waals surface area contributed by atoms with Crippen LogP contribution in [0.4, 0.5) is 0 Å². The van der Waals surface area contributed by atoms with E-state index >= 15 is 0 Å². The molecule has 7 rings (SSSR count). The number of hydrogen-bond acceptors (Lipinski definition) is 5. The Morgan fingerprint density at radius 3 is 2.49 bits per heavy atom. The number of rotatable bonds is 4. The van der Waals surface area contributed by atoms with Gasteiger partial charge in [-0.2, -0.15) is 0 Å². The van der Waals surface area contributed by atoms with Gasteiger partial charge in [0.05, 0.1) is 36.7 Å². The van der Waals surface area contributed by atoms with Crippen molar-refractivity contribution in [2.24, 2.45) is 50.7 Å². The third kappa shape index (κ3) is 3.53. The second-order valence-corrected chi connectivity index (χ2v) is 16.4. The molecule has 0 bridgehead atoms. The van der Waals surface area contributed by atoms with Crippen LogP contribution >= 0.6 is 0 Å². The Morgan fingerprint density at radius 1 is 1.05 bits per heavy atom. The molecule has 6 fully saturated rings. The standard InChI is InChI=1S/C35H52N2O4/c1-21-17-24(19-37(22(2)38)18-23-9-7-8-16-36-23)41-29-28(21)32(5)14-15-35-20-34(35)13-12-27(39)31(3,4)25(34)10-11-26(35)33(32,6)30(29)40/h7-9,16,21,24-30,39-40H,10-15,17-20H2,1-6H3/t21-,24?,25+,26?,27?,28+,29?,30+,32-,33-,34-,35+/m1/s1. The van der Waals surface area contributed by atoms with Crippen molar-refractivity contribution in [1.82, 2.24) is 9.88 Å². The summed E-state index contributed by atoms with van der Waals surface area (Å²) in [7, 11) is 0. The number of amides is 1. The minimum Gasteiger partial charge on any atom is -0.393 e. The third-order valence-corrected chi connectivity index (χ3v) is 14.8. The van der Waals surface area contributed by atoms with Crippen LogP contribution in [0.5, 0.6) is 0 Å². The summed E-state index contributed by atoms with van der Waals surface area (Å²) in [6, 6.07) is 5.82. The summed E-state index contributed by atoms with van der Waals surface area (Å²) < 4.78 is 6.91. The molecule has 2 heterocycles. The van der Waals surface area contributed by atoms with Gasteiger partial charge in [0.15, 0.2) is 0 Å². The van der Waals surface area contributed by atoms with Crippen LogP contribution in [0.25, 0.3) is 0 Å². The van der Waals surface area contributed by atoms with Gasteiger partial charge in [0, 0.05) is 25.1 Å². The Kier molecular flexibility index (Phi) is 6.22. The molecule has 4 unspecified atom stereocenters. The monoisotopic (exact) mass is 564 g/mol. The Bertz CT molecular complexity index is 1210. The minimum absolute atomic E-state index is 0.0284. The summed E-state index contributed by atoms with van der Waals surface area (Å²) in [5.41, 5.74) is 1.36. The molecule has 5 aliphatic carbocycles. The molecule has 0 aromatic carbocycles. The predicted molar refractivity (Wildman–Crippen MR) is 157 cm³/mol. The highest BCUT2D eigenvalue weighted by atomic mass is 16.5. The van der Waals surface area contributed by atoms with E-state index in [0.717, 1.165) is 37.8 Å². The molecule has 1 aromatic rings. The number of aliphatic hydroxyl groups is 2. The molecule has 226 valence electrons. The number of aliphatic hydroxyl groups excluding tert-OH is 2. The fraction of sp³-hybridized carbons (Fsp3) is 0.829. The first-order chi connectivity index (χ1) is 19.3. The van der Waals surface area contributed by atoms with Crippen molar-refractivity contribution < 1.29 is 19.7 Å². The first-order valence-corrected chi connectivity index (χ1v) is 16.5. The summed E-state index contributed by atoms with van der Waals surface area (Å²) >= 11 is 0. The van der Waals surface area contributed by atoms with Crippen LogP contribution in [0.15, 0.2) is 24.4 Å². The van der Waals surface area contributed by atoms with E-state index in [1.165, 1.54) is 19.3 Å². The minimum atomic E-state index is -0.497. The van der Waals surface area contributed by atoms with E-state index in [0.29, 0.717) is 47.6 Å². The Hall–Kier alpha value is -1.50. The maximum Gasteiger partial charge on any atom is 0.219 e. The molecule has 1 saturated heterocycles. The highest BCUT2D eigenvalue weighted by molar-refractivity contribution is 5.73. The van der Waals surface area contributed by atoms with Crippen molar-refractivity contribution in [3.63, 3.8) is 0 Å². The molecular weight excluding hydrogens is 512 g/mol. The van der Waals surface area contributed by atoms with Crippen molar-refractivity contribution in [2.75, 3.05) is 6.54 Å². The lowest BCUT2D eigenvalue weighted by atomic mass is 9.41. The van der Waals surface area contributed by atoms with Crippen LogP contribution in [-0.4, -0.2) is 57.0 Å². The van der Waals surface area contributed by atoms with E-state index < -0.39 is 6.10 Å². The Balaban J connectivity index is 1.16. The van der Waals surface area contributed by atoms with Crippen molar-refractivity contribution in [3.8, 4) is 0 Å². The van der Waals surface area contributed by atoms with E-state index in [-0.39, 0.29) is 40.5 Å². The van der Waals surface area contributed by atoms with Crippen LogP contribution in [0.3, 0.4) is 0 Å². The van der Waals surface area contributed by atoms with Gasteiger partial charge in [-0.15, -0.1) is 0 Å². The fourth-order valence-corrected chi connectivity index (χ4v) is 12.7. The smallest absolute Gasteiger partial charge is 0.219 e. The van der Waals surface area contributed by atoms with Crippen LogP contribution in [-0.2, 0) is 16.1 Å². The molecule has 2 spiro atoms. The third-order valence-electron chi connectivity index (χ3n) is 14.8. The molecule has 2 N–H and O–H groups in total. The molecule has 6 heteroatoms. The van der Waals surface area contributed by atoms with Gasteiger partial charge < -0.3 is 19.8 Å². The van der Waals surface area contributed by atoms with E-state index in [2.05, 4.69) is 39.6 Å². The van der Waals surface area contributed by atoms with Gasteiger partial charge in [-0.05, 0) is 109 Å². The van der Waals surface area contributed by atoms with Gasteiger partial charge in [0.2, 0.25) is 5.91 Å². The second-order valence-electron chi connectivity index (χ2n) is 16.4. The SMILES string of the molecule is CC(=O)N(Cc1ccccn1)CC1C[C@@H](C)[C@H]2C(O1)[C@H](O)[C@@]1(C)C3CC[C@H]4C(C)(C)C(O)CC[C@@]45C[C@@]35CC[C@]21C. The summed E-state index contributed by atoms with van der Waals surface area (Å²) in [4.78, 5) is 19.0. The number of nitrogens with zero attached hydrogens (tertiary/aromatic N) is 2. The zero-order chi connectivity index (χ0) is 29.2. The van der Waals surface area contributed by atoms with Gasteiger partial charge in [0.1, 0.15) is 0 Å². The second kappa shape index (κ2) is 9.01. The molecule has 5 saturated carbocycles. The normalized spacial score (nSPS) is 50.9. The lowest BCUT2D eigenvalue weighted by molar-refractivity contribution is -0.182. The van der Waals surface area contributed by atoms with Gasteiger partial charge in [-0.3, -0.25) is 9.78 Å². The number of pyridine rings is 1. The zero-order valence-electron chi connectivity index (χ0n) is 26.1. The summed E-state index contributed by atoms with van der Waals surface area (Å²) in [5, 5.41) is 23.4. The summed E-state index contributed by atoms with van der Waals surface area (Å²) in [6.45, 7) is 14.6. The topological polar surface area (TPSA) is 82.9 Å². The zero-order valence-corrected chi connectivity index (χ0v) is 26.1. The first kappa shape index (κ1) is 28.3. The number of carbonyl (C=O) groups excluding carboxylic acids is 1. The number of carbonyl (C=O) groups is 1. The maximum absolute atomic E-state index is 12.7. The Morgan fingerprint density at radius 2 is 1.78 bits per heavy atom. The van der Waals surface area contributed by atoms with E-state index in [1.54, 1.807) is 13.1 Å². The molecule has 41 heavy (non-hydrogen) atoms. The number of ether oxygens (including phenoxy) is 1. The number of hydrogen-bond donors (Lipinski definition) is 2. The molecular formula is C35H52N2O4. The number of fused-ring (bicyclic) bond motifs is 4. The molecule has 1 aliphatic heterocycles. The first-order valence-electron chi connectivity index (χ1n) is 16.5. The molecule has 1 aromatic heterocycles. The van der Waals surface area contributed by atoms with Crippen molar-refractivity contribution >= 4 is 5.91 Å². The molecule has 1 amide bonds. The predicted octanol–water partition coefficient (Wildman–Crippen LogP) is 5.60. The van der Waals surface area contributed by atoms with Crippen LogP contribution in [0, 0.1) is 50.7 Å². The van der Waals surface area contributed by atoms with Gasteiger partial charge >= 0.3 is 0 Å². The van der Waals surface area contributed by atoms with E-state index in [4.69, 9.17) is 4.74 Å². The highest BCUT2D eigenvalue weighted by Gasteiger charge is 2.84. The lowest BCUT2D eigenvalue weighted by Crippen LogP contribution is -2.59. The summed E-state index contributed by atoms with van der Waals surface area (Å²) in [6.07, 6.45) is 9.84. The molecule has 12 atom stereocenters. The van der Waals surface area contributed by atoms with Crippen LogP contribution in [0.1, 0.15) is 98.6 Å². The average Bonchev–Trinajstić information content (AvgIpc) is 3.56. The summed E-state index contributed by atoms with van der Waals surface area (Å²) in [5.74, 6) is 1.87. The van der Waals surface area contributed by atoms with Crippen molar-refractivity contribution in [3.05, 3.63) is 30.1 Å². The lowest BCUT2D eigenvalue weighted by Gasteiger charge is -2.63. The van der Waals surface area contributed by atoms with Gasteiger partial charge in [-0.1, -0.05) is 40.7 Å². The fourth-order valence-electron chi connectivity index (χ4n) is 12.7. The van der Waals surface area contributed by atoms with E-state index in [9.17, 15) is 15.0 Å². The molecule has 0 radical (unpaired) electrons. The van der Waals surface area contributed by atoms with E-state index in [1.807, 2.05) is 23.1 Å². The quantitative estimate of drug-likeness (QED) is 0.497. The van der Waals surface area contributed by atoms with Gasteiger partial charge in [-0.25, -0.2) is 0 Å². The molecule has 6 nitrogen and oxygen atoms in total. The maximum atomic E-state index is 12.7. The Labute approximate surface area is 246 Å².